The zero-order chi connectivity index (χ0) is 17.0. The summed E-state index contributed by atoms with van der Waals surface area (Å²) < 4.78 is 61.3. The minimum atomic E-state index is -5.22. The second-order valence-corrected chi connectivity index (χ2v) is 10.1. The lowest BCUT2D eigenvalue weighted by Gasteiger charge is -2.48. The number of alkyl halides is 3. The predicted octanol–water partition coefficient (Wildman–Crippen LogP) is 3.91. The average molecular weight is 341 g/mol. The molecule has 2 fully saturated rings. The maximum atomic E-state index is 12.4. The highest BCUT2D eigenvalue weighted by Gasteiger charge is 2.51. The Balaban J connectivity index is 2.03. The molecule has 2 aliphatic carbocycles. The Hall–Kier alpha value is -0.300. The van der Waals surface area contributed by atoms with Gasteiger partial charge in [0.15, 0.2) is 0 Å². The van der Waals surface area contributed by atoms with Crippen molar-refractivity contribution in [1.82, 2.24) is 4.72 Å². The lowest BCUT2D eigenvalue weighted by atomic mass is 9.57. The van der Waals surface area contributed by atoms with Crippen LogP contribution in [0.5, 0.6) is 0 Å². The van der Waals surface area contributed by atoms with Gasteiger partial charge in [0.25, 0.3) is 0 Å². The molecule has 0 aromatic rings. The van der Waals surface area contributed by atoms with E-state index < -0.39 is 15.5 Å². The van der Waals surface area contributed by atoms with Crippen molar-refractivity contribution in [3.05, 3.63) is 0 Å². The Morgan fingerprint density at radius 3 is 2.23 bits per heavy atom. The first-order valence-corrected chi connectivity index (χ1v) is 9.29. The van der Waals surface area contributed by atoms with Gasteiger partial charge in [-0.05, 0) is 54.3 Å². The summed E-state index contributed by atoms with van der Waals surface area (Å²) in [5.74, 6) is 0.841. The van der Waals surface area contributed by atoms with Crippen molar-refractivity contribution in [3.63, 3.8) is 0 Å². The molecular formula is C15H26F3NO2S. The summed E-state index contributed by atoms with van der Waals surface area (Å²) in [6, 6.07) is 0. The van der Waals surface area contributed by atoms with E-state index in [0.29, 0.717) is 11.8 Å². The molecule has 0 aliphatic heterocycles. The van der Waals surface area contributed by atoms with E-state index in [0.717, 1.165) is 25.7 Å². The molecule has 22 heavy (non-hydrogen) atoms. The third kappa shape index (κ3) is 3.30. The van der Waals surface area contributed by atoms with E-state index in [1.165, 1.54) is 0 Å². The molecule has 7 heteroatoms. The van der Waals surface area contributed by atoms with E-state index in [9.17, 15) is 21.6 Å². The molecule has 0 spiro atoms. The smallest absolute Gasteiger partial charge is 0.207 e. The molecule has 2 bridgehead atoms. The van der Waals surface area contributed by atoms with Gasteiger partial charge in [-0.1, -0.05) is 27.7 Å². The molecule has 4 atom stereocenters. The summed E-state index contributed by atoms with van der Waals surface area (Å²) >= 11 is 0. The molecule has 2 rings (SSSR count). The van der Waals surface area contributed by atoms with Crippen LogP contribution in [0.1, 0.15) is 53.4 Å². The molecule has 0 aromatic heterocycles. The summed E-state index contributed by atoms with van der Waals surface area (Å²) in [7, 11) is -5.22. The maximum Gasteiger partial charge on any atom is 0.511 e. The van der Waals surface area contributed by atoms with Crippen LogP contribution in [-0.2, 0) is 10.0 Å². The minimum absolute atomic E-state index is 0.0197. The highest BCUT2D eigenvalue weighted by molar-refractivity contribution is 7.90. The lowest BCUT2D eigenvalue weighted by Crippen LogP contribution is -2.41. The van der Waals surface area contributed by atoms with Crippen LogP contribution in [0.3, 0.4) is 0 Å². The third-order valence-electron chi connectivity index (χ3n) is 6.04. The average Bonchev–Trinajstić information content (AvgIpc) is 2.59. The fourth-order valence-electron chi connectivity index (χ4n) is 4.21. The molecule has 0 amide bonds. The number of halogens is 3. The Morgan fingerprint density at radius 1 is 1.14 bits per heavy atom. The minimum Gasteiger partial charge on any atom is -0.207 e. The SMILES string of the molecule is CC(C)(C)C1(C)CC2CC(CNS(=O)(=O)C(F)(F)F)C(C2)C1. The van der Waals surface area contributed by atoms with Gasteiger partial charge in [-0.15, -0.1) is 0 Å². The van der Waals surface area contributed by atoms with E-state index in [4.69, 9.17) is 0 Å². The Morgan fingerprint density at radius 2 is 1.73 bits per heavy atom. The van der Waals surface area contributed by atoms with Gasteiger partial charge in [0, 0.05) is 6.54 Å². The Labute approximate surface area is 131 Å². The van der Waals surface area contributed by atoms with Crippen LogP contribution < -0.4 is 4.72 Å². The highest BCUT2D eigenvalue weighted by atomic mass is 32.2. The molecule has 3 nitrogen and oxygen atoms in total. The fraction of sp³-hybridized carbons (Fsp3) is 1.00. The summed E-state index contributed by atoms with van der Waals surface area (Å²) in [4.78, 5) is 0. The molecule has 2 aliphatic rings. The summed E-state index contributed by atoms with van der Waals surface area (Å²) in [5.41, 5.74) is -4.91. The van der Waals surface area contributed by atoms with Crippen molar-refractivity contribution in [2.45, 2.75) is 58.9 Å². The second kappa shape index (κ2) is 5.36. The molecule has 0 aromatic carbocycles. The van der Waals surface area contributed by atoms with Crippen LogP contribution in [0, 0.1) is 28.6 Å². The second-order valence-electron chi connectivity index (χ2n) is 8.37. The van der Waals surface area contributed by atoms with Crippen molar-refractivity contribution in [1.29, 1.82) is 0 Å². The molecule has 2 saturated carbocycles. The molecular weight excluding hydrogens is 315 g/mol. The van der Waals surface area contributed by atoms with Gasteiger partial charge in [-0.3, -0.25) is 0 Å². The van der Waals surface area contributed by atoms with Crippen LogP contribution in [0.25, 0.3) is 0 Å². The van der Waals surface area contributed by atoms with Crippen LogP contribution in [0.15, 0.2) is 0 Å². The Bertz CT molecular complexity index is 524. The summed E-state index contributed by atoms with van der Waals surface area (Å²) in [5, 5.41) is 0. The quantitative estimate of drug-likeness (QED) is 0.846. The topological polar surface area (TPSA) is 46.2 Å². The largest absolute Gasteiger partial charge is 0.511 e. The zero-order valence-electron chi connectivity index (χ0n) is 13.6. The number of hydrogen-bond donors (Lipinski definition) is 1. The van der Waals surface area contributed by atoms with Gasteiger partial charge >= 0.3 is 15.5 Å². The van der Waals surface area contributed by atoms with Crippen molar-refractivity contribution < 1.29 is 21.6 Å². The Kier molecular flexibility index (Phi) is 4.40. The lowest BCUT2D eigenvalue weighted by molar-refractivity contribution is -0.0449. The van der Waals surface area contributed by atoms with Gasteiger partial charge in [0.1, 0.15) is 0 Å². The molecule has 0 saturated heterocycles. The summed E-state index contributed by atoms with van der Waals surface area (Å²) in [6.45, 7) is 8.79. The number of nitrogens with one attached hydrogen (secondary N) is 1. The van der Waals surface area contributed by atoms with Crippen molar-refractivity contribution in [3.8, 4) is 0 Å². The van der Waals surface area contributed by atoms with Crippen molar-refractivity contribution >= 4 is 10.0 Å². The first-order valence-electron chi connectivity index (χ1n) is 7.81. The van der Waals surface area contributed by atoms with Gasteiger partial charge in [0.2, 0.25) is 0 Å². The zero-order valence-corrected chi connectivity index (χ0v) is 14.4. The monoisotopic (exact) mass is 341 g/mol. The normalized spacial score (nSPS) is 36.6. The van der Waals surface area contributed by atoms with E-state index >= 15 is 0 Å². The molecule has 1 N–H and O–H groups in total. The number of hydrogen-bond acceptors (Lipinski definition) is 2. The maximum absolute atomic E-state index is 12.4. The van der Waals surface area contributed by atoms with Crippen LogP contribution in [0.2, 0.25) is 0 Å². The third-order valence-corrected chi connectivity index (χ3v) is 7.20. The highest BCUT2D eigenvalue weighted by Crippen LogP contribution is 2.59. The van der Waals surface area contributed by atoms with Crippen LogP contribution in [-0.4, -0.2) is 20.5 Å². The van der Waals surface area contributed by atoms with Gasteiger partial charge < -0.3 is 0 Å². The van der Waals surface area contributed by atoms with E-state index in [1.807, 2.05) is 0 Å². The number of sulfonamides is 1. The fourth-order valence-corrected chi connectivity index (χ4v) is 4.81. The standard InChI is InChI=1S/C15H26F3NO2S/c1-13(2,3)14(4)7-10-5-11(8-14)12(6-10)9-19-22(20,21)15(16,17)18/h10-12,19H,5-9H2,1-4H3. The van der Waals surface area contributed by atoms with Crippen molar-refractivity contribution in [2.24, 2.45) is 28.6 Å². The first kappa shape index (κ1) is 18.0. The van der Waals surface area contributed by atoms with Gasteiger partial charge in [-0.25, -0.2) is 13.1 Å². The summed E-state index contributed by atoms with van der Waals surface area (Å²) in [6.07, 6.45) is 3.89. The van der Waals surface area contributed by atoms with Gasteiger partial charge in [-0.2, -0.15) is 13.2 Å². The van der Waals surface area contributed by atoms with E-state index in [-0.39, 0.29) is 23.3 Å². The molecule has 0 heterocycles. The molecule has 4 unspecified atom stereocenters. The molecule has 0 radical (unpaired) electrons. The van der Waals surface area contributed by atoms with Crippen molar-refractivity contribution in [2.75, 3.05) is 6.54 Å². The number of rotatable bonds is 3. The van der Waals surface area contributed by atoms with Crippen LogP contribution >= 0.6 is 0 Å². The van der Waals surface area contributed by atoms with E-state index in [1.54, 1.807) is 4.72 Å². The predicted molar refractivity (Wildman–Crippen MR) is 79.5 cm³/mol. The molecule has 130 valence electrons. The number of fused-ring (bicyclic) bond motifs is 2. The van der Waals surface area contributed by atoms with Gasteiger partial charge in [0.05, 0.1) is 0 Å². The van der Waals surface area contributed by atoms with Crippen LogP contribution in [0.4, 0.5) is 13.2 Å². The first-order chi connectivity index (χ1) is 9.75. The van der Waals surface area contributed by atoms with E-state index in [2.05, 4.69) is 27.7 Å².